The summed E-state index contributed by atoms with van der Waals surface area (Å²) in [6.07, 6.45) is 1.30. The molecule has 1 saturated heterocycles. The SMILES string of the molecule is Nc1nccc(NC(=O)CC2SC(=O)NC2=O)n1. The first-order valence-electron chi connectivity index (χ1n) is 4.94. The van der Waals surface area contributed by atoms with Gasteiger partial charge in [-0.05, 0) is 6.07 Å². The molecule has 0 spiro atoms. The third-order valence-electron chi connectivity index (χ3n) is 2.08. The molecule has 0 aliphatic carbocycles. The standard InChI is InChI=1S/C9H9N5O3S/c10-8-11-2-1-5(13-8)12-6(15)3-4-7(16)14-9(17)18-4/h1-2,4H,3H2,(H,14,16,17)(H3,10,11,12,13,15). The molecular formula is C9H9N5O3S. The Hall–Kier alpha value is -2.16. The van der Waals surface area contributed by atoms with E-state index in [1.807, 2.05) is 0 Å². The average molecular weight is 267 g/mol. The van der Waals surface area contributed by atoms with Gasteiger partial charge in [0.2, 0.25) is 17.8 Å². The fourth-order valence-electron chi connectivity index (χ4n) is 1.33. The van der Waals surface area contributed by atoms with E-state index in [9.17, 15) is 14.4 Å². The number of thioether (sulfide) groups is 1. The second kappa shape index (κ2) is 5.00. The van der Waals surface area contributed by atoms with E-state index in [1.54, 1.807) is 0 Å². The molecule has 1 atom stereocenters. The van der Waals surface area contributed by atoms with Crippen LogP contribution in [0.5, 0.6) is 0 Å². The lowest BCUT2D eigenvalue weighted by Gasteiger charge is -2.06. The Balaban J connectivity index is 1.93. The first kappa shape index (κ1) is 12.3. The van der Waals surface area contributed by atoms with Crippen molar-refractivity contribution in [3.63, 3.8) is 0 Å². The number of imide groups is 1. The van der Waals surface area contributed by atoms with Gasteiger partial charge in [0.05, 0.1) is 0 Å². The normalized spacial score (nSPS) is 18.6. The number of carbonyl (C=O) groups excluding carboxylic acids is 3. The molecule has 18 heavy (non-hydrogen) atoms. The minimum absolute atomic E-state index is 0.0379. The van der Waals surface area contributed by atoms with Gasteiger partial charge in [-0.3, -0.25) is 19.7 Å². The van der Waals surface area contributed by atoms with Crippen molar-refractivity contribution in [3.05, 3.63) is 12.3 Å². The molecule has 1 unspecified atom stereocenters. The van der Waals surface area contributed by atoms with E-state index in [1.165, 1.54) is 12.3 Å². The van der Waals surface area contributed by atoms with Crippen LogP contribution >= 0.6 is 11.8 Å². The molecule has 1 aromatic rings. The van der Waals surface area contributed by atoms with Gasteiger partial charge < -0.3 is 11.1 Å². The van der Waals surface area contributed by atoms with Crippen LogP contribution < -0.4 is 16.4 Å². The van der Waals surface area contributed by atoms with Gasteiger partial charge in [0.25, 0.3) is 5.24 Å². The summed E-state index contributed by atoms with van der Waals surface area (Å²) in [6, 6.07) is 1.47. The van der Waals surface area contributed by atoms with Crippen molar-refractivity contribution >= 4 is 40.6 Å². The van der Waals surface area contributed by atoms with Crippen molar-refractivity contribution in [2.45, 2.75) is 11.7 Å². The highest BCUT2D eigenvalue weighted by molar-refractivity contribution is 8.15. The predicted molar refractivity (Wildman–Crippen MR) is 64.6 cm³/mol. The van der Waals surface area contributed by atoms with E-state index in [4.69, 9.17) is 5.73 Å². The van der Waals surface area contributed by atoms with Gasteiger partial charge >= 0.3 is 0 Å². The Morgan fingerprint density at radius 1 is 1.56 bits per heavy atom. The molecule has 4 N–H and O–H groups in total. The van der Waals surface area contributed by atoms with Crippen molar-refractivity contribution in [2.75, 3.05) is 11.1 Å². The number of hydrogen-bond acceptors (Lipinski definition) is 7. The number of hydrogen-bond donors (Lipinski definition) is 3. The van der Waals surface area contributed by atoms with Gasteiger partial charge in [-0.1, -0.05) is 11.8 Å². The van der Waals surface area contributed by atoms with E-state index in [0.29, 0.717) is 0 Å². The monoisotopic (exact) mass is 267 g/mol. The van der Waals surface area contributed by atoms with Crippen LogP contribution in [-0.4, -0.2) is 32.3 Å². The maximum Gasteiger partial charge on any atom is 0.286 e. The number of nitrogens with two attached hydrogens (primary N) is 1. The van der Waals surface area contributed by atoms with E-state index < -0.39 is 22.3 Å². The first-order chi connectivity index (χ1) is 8.54. The van der Waals surface area contributed by atoms with Gasteiger partial charge in [-0.15, -0.1) is 0 Å². The Morgan fingerprint density at radius 3 is 2.94 bits per heavy atom. The molecule has 0 aromatic carbocycles. The summed E-state index contributed by atoms with van der Waals surface area (Å²) in [7, 11) is 0. The van der Waals surface area contributed by atoms with E-state index in [2.05, 4.69) is 20.6 Å². The quantitative estimate of drug-likeness (QED) is 0.688. The molecule has 94 valence electrons. The fourth-order valence-corrected chi connectivity index (χ4v) is 2.15. The second-order valence-electron chi connectivity index (χ2n) is 3.44. The molecule has 0 bridgehead atoms. The van der Waals surface area contributed by atoms with Crippen molar-refractivity contribution in [2.24, 2.45) is 0 Å². The van der Waals surface area contributed by atoms with Gasteiger partial charge in [-0.2, -0.15) is 4.98 Å². The van der Waals surface area contributed by atoms with Crippen LogP contribution in [0.2, 0.25) is 0 Å². The minimum atomic E-state index is -0.698. The first-order valence-corrected chi connectivity index (χ1v) is 5.82. The second-order valence-corrected chi connectivity index (χ2v) is 4.61. The smallest absolute Gasteiger partial charge is 0.286 e. The number of nitrogen functional groups attached to an aromatic ring is 1. The Kier molecular flexibility index (Phi) is 3.42. The highest BCUT2D eigenvalue weighted by Gasteiger charge is 2.33. The van der Waals surface area contributed by atoms with Gasteiger partial charge in [0.1, 0.15) is 11.1 Å². The highest BCUT2D eigenvalue weighted by atomic mass is 32.2. The summed E-state index contributed by atoms with van der Waals surface area (Å²) in [5, 5.41) is 3.44. The topological polar surface area (TPSA) is 127 Å². The van der Waals surface area contributed by atoms with Crippen LogP contribution in [0.25, 0.3) is 0 Å². The molecule has 3 amide bonds. The summed E-state index contributed by atoms with van der Waals surface area (Å²) in [6.45, 7) is 0. The van der Waals surface area contributed by atoms with E-state index in [-0.39, 0.29) is 18.2 Å². The molecule has 9 heteroatoms. The number of anilines is 2. The lowest BCUT2D eigenvalue weighted by Crippen LogP contribution is -2.27. The molecule has 0 radical (unpaired) electrons. The van der Waals surface area contributed by atoms with Crippen molar-refractivity contribution in [3.8, 4) is 0 Å². The molecule has 1 aromatic heterocycles. The van der Waals surface area contributed by atoms with Crippen LogP contribution in [0.15, 0.2) is 12.3 Å². The van der Waals surface area contributed by atoms with Crippen LogP contribution in [0.3, 0.4) is 0 Å². The molecule has 2 heterocycles. The molecule has 1 aliphatic rings. The number of rotatable bonds is 3. The third kappa shape index (κ3) is 2.94. The highest BCUT2D eigenvalue weighted by Crippen LogP contribution is 2.22. The molecule has 1 fully saturated rings. The summed E-state index contributed by atoms with van der Waals surface area (Å²) < 4.78 is 0. The number of nitrogens with one attached hydrogen (secondary N) is 2. The number of carbonyl (C=O) groups is 3. The summed E-state index contributed by atoms with van der Waals surface area (Å²) in [5.74, 6) is -0.587. The Labute approximate surface area is 106 Å². The van der Waals surface area contributed by atoms with E-state index in [0.717, 1.165) is 11.8 Å². The van der Waals surface area contributed by atoms with E-state index >= 15 is 0 Å². The van der Waals surface area contributed by atoms with Crippen LogP contribution in [0.1, 0.15) is 6.42 Å². The maximum absolute atomic E-state index is 11.6. The lowest BCUT2D eigenvalue weighted by atomic mass is 10.2. The summed E-state index contributed by atoms with van der Waals surface area (Å²) in [5.41, 5.74) is 5.35. The zero-order valence-corrected chi connectivity index (χ0v) is 9.86. The summed E-state index contributed by atoms with van der Waals surface area (Å²) in [4.78, 5) is 41.2. The molecule has 8 nitrogen and oxygen atoms in total. The zero-order chi connectivity index (χ0) is 13.1. The zero-order valence-electron chi connectivity index (χ0n) is 9.04. The minimum Gasteiger partial charge on any atom is -0.368 e. The predicted octanol–water partition coefficient (Wildman–Crippen LogP) is -0.261. The number of nitrogens with zero attached hydrogens (tertiary/aromatic N) is 2. The Morgan fingerprint density at radius 2 is 2.33 bits per heavy atom. The maximum atomic E-state index is 11.6. The third-order valence-corrected chi connectivity index (χ3v) is 3.06. The average Bonchev–Trinajstić information content (AvgIpc) is 2.57. The Bertz CT molecular complexity index is 521. The molecule has 0 saturated carbocycles. The molecule has 1 aliphatic heterocycles. The van der Waals surface area contributed by atoms with Crippen LogP contribution in [0, 0.1) is 0 Å². The lowest BCUT2D eigenvalue weighted by molar-refractivity contribution is -0.122. The molecular weight excluding hydrogens is 258 g/mol. The van der Waals surface area contributed by atoms with Crippen molar-refractivity contribution in [1.29, 1.82) is 0 Å². The largest absolute Gasteiger partial charge is 0.368 e. The van der Waals surface area contributed by atoms with Gasteiger partial charge in [0, 0.05) is 12.6 Å². The number of amides is 3. The van der Waals surface area contributed by atoms with Crippen molar-refractivity contribution < 1.29 is 14.4 Å². The number of aromatic nitrogens is 2. The van der Waals surface area contributed by atoms with Gasteiger partial charge in [-0.25, -0.2) is 4.98 Å². The van der Waals surface area contributed by atoms with Gasteiger partial charge in [0.15, 0.2) is 0 Å². The summed E-state index contributed by atoms with van der Waals surface area (Å²) >= 11 is 0.798. The van der Waals surface area contributed by atoms with Crippen LogP contribution in [0.4, 0.5) is 16.6 Å². The molecule has 2 rings (SSSR count). The fraction of sp³-hybridized carbons (Fsp3) is 0.222. The van der Waals surface area contributed by atoms with Crippen molar-refractivity contribution in [1.82, 2.24) is 15.3 Å². The van der Waals surface area contributed by atoms with Crippen LogP contribution in [-0.2, 0) is 9.59 Å².